The molecule has 0 fully saturated rings. The third kappa shape index (κ3) is 7.46. The van der Waals surface area contributed by atoms with E-state index in [1.165, 1.54) is 0 Å². The fourth-order valence-electron chi connectivity index (χ4n) is 13.8. The molecule has 19 rings (SSSR count). The first-order valence-electron chi connectivity index (χ1n) is 40.3. The van der Waals surface area contributed by atoms with E-state index < -0.39 is 173 Å². The van der Waals surface area contributed by atoms with E-state index in [1.54, 1.807) is 21.9 Å². The molecule has 0 amide bonds. The van der Waals surface area contributed by atoms with Gasteiger partial charge in [-0.15, -0.1) is 0 Å². The minimum Gasteiger partial charge on any atom is -0.311 e. The van der Waals surface area contributed by atoms with Crippen LogP contribution in [0.1, 0.15) is 30.2 Å². The highest BCUT2D eigenvalue weighted by Crippen LogP contribution is 2.51. The summed E-state index contributed by atoms with van der Waals surface area (Å²) in [5, 5.41) is 0.355. The van der Waals surface area contributed by atoms with Gasteiger partial charge in [0.25, 0.3) is 6.71 Å². The average molecular weight is 1170 g/mol. The van der Waals surface area contributed by atoms with E-state index in [1.807, 2.05) is 176 Å². The molecule has 5 heterocycles. The second-order valence-electron chi connectivity index (χ2n) is 22.3. The van der Waals surface area contributed by atoms with Gasteiger partial charge in [-0.1, -0.05) is 224 Å². The Morgan fingerprint density at radius 1 is 0.256 bits per heavy atom. The third-order valence-electron chi connectivity index (χ3n) is 17.5. The van der Waals surface area contributed by atoms with Crippen molar-refractivity contribution in [3.8, 4) is 50.4 Å². The number of nitrogens with zero attached hydrogens (tertiary/aromatic N) is 5. The highest BCUT2D eigenvalue weighted by atomic mass is 15.2. The summed E-state index contributed by atoms with van der Waals surface area (Å²) in [5.74, 6) is 0. The summed E-state index contributed by atoms with van der Waals surface area (Å²) in [6, 6.07) is 45.5. The molecule has 0 unspecified atom stereocenters. The SMILES string of the molecule is [2H]c1c([2H])c(-n2c3c([2H])c([2H])c([2H])c([2H])c3c3c([2H])c([2H])c([2H])c([2H])c32)c([2H])c2c1B1c3c(cc(-c4ccc5c(c4)c4ccccc4n5-c4ccccc4)cc3N(c3ccccc3-c3ccccc3)c3c([2H])c(-n4c5c([2H])c([2H])c([2H])c([2H])c5c5c([2H])c([2H])c([2H])c([2H])c54)c([2H])c([2H])c31)N2c1ccccc1-c1ccccc1. The largest absolute Gasteiger partial charge is 0.311 e. The number of hydrogen-bond acceptors (Lipinski definition) is 2. The minimum atomic E-state index is -1.60. The van der Waals surface area contributed by atoms with Crippen LogP contribution in [-0.2, 0) is 0 Å². The molecular weight excluding hydrogens is 1090 g/mol. The van der Waals surface area contributed by atoms with E-state index in [0.717, 1.165) is 36.6 Å². The fourth-order valence-corrected chi connectivity index (χ4v) is 13.8. The van der Waals surface area contributed by atoms with Gasteiger partial charge in [-0.2, -0.15) is 0 Å². The lowest BCUT2D eigenvalue weighted by Crippen LogP contribution is -2.61. The van der Waals surface area contributed by atoms with Crippen molar-refractivity contribution in [2.75, 3.05) is 9.80 Å². The van der Waals surface area contributed by atoms with Gasteiger partial charge in [-0.3, -0.25) is 0 Å². The monoisotopic (exact) mass is 1170 g/mol. The fraction of sp³-hybridized carbons (Fsp3) is 0. The predicted molar refractivity (Wildman–Crippen MR) is 380 cm³/mol. The number of rotatable bonds is 8. The number of para-hydroxylation sites is 8. The Hall–Kier alpha value is -11.9. The molecule has 0 saturated heterocycles. The maximum Gasteiger partial charge on any atom is 0.252 e. The zero-order valence-electron chi connectivity index (χ0n) is 69.3. The van der Waals surface area contributed by atoms with Gasteiger partial charge in [-0.25, -0.2) is 0 Å². The predicted octanol–water partition coefficient (Wildman–Crippen LogP) is 20.1. The van der Waals surface area contributed by atoms with Gasteiger partial charge in [-0.05, 0) is 142 Å². The molecule has 418 valence electrons. The Balaban J connectivity index is 1.04. The molecule has 0 N–H and O–H groups in total. The van der Waals surface area contributed by atoms with Gasteiger partial charge in [0.05, 0.1) is 74.6 Å². The summed E-state index contributed by atoms with van der Waals surface area (Å²) >= 11 is 0. The van der Waals surface area contributed by atoms with Crippen LogP contribution in [0.25, 0.3) is 116 Å². The van der Waals surface area contributed by atoms with E-state index in [4.69, 9.17) is 11.0 Å². The lowest BCUT2D eigenvalue weighted by atomic mass is 9.33. The van der Waals surface area contributed by atoms with Crippen LogP contribution in [0.3, 0.4) is 0 Å². The summed E-state index contributed by atoms with van der Waals surface area (Å²) in [7, 11) is 0. The Labute approximate surface area is 552 Å². The normalized spacial score (nSPS) is 16.0. The molecule has 0 spiro atoms. The summed E-state index contributed by atoms with van der Waals surface area (Å²) < 4.78 is 220. The molecule has 2 aliphatic heterocycles. The minimum absolute atomic E-state index is 0.153. The highest BCUT2D eigenvalue weighted by molar-refractivity contribution is 7.00. The molecular formula is C84H54BN5. The second kappa shape index (κ2) is 19.8. The molecule has 17 aromatic rings. The van der Waals surface area contributed by atoms with Crippen LogP contribution >= 0.6 is 0 Å². The van der Waals surface area contributed by atoms with Crippen LogP contribution in [-0.4, -0.2) is 20.4 Å². The van der Waals surface area contributed by atoms with E-state index in [2.05, 4.69) is 10.6 Å². The topological polar surface area (TPSA) is 21.3 Å². The molecule has 90 heavy (non-hydrogen) atoms. The van der Waals surface area contributed by atoms with E-state index in [0.29, 0.717) is 50.2 Å². The number of anilines is 6. The Kier molecular flexibility index (Phi) is 7.35. The van der Waals surface area contributed by atoms with Crippen molar-refractivity contribution in [2.45, 2.75) is 0 Å². The highest BCUT2D eigenvalue weighted by Gasteiger charge is 2.45. The van der Waals surface area contributed by atoms with Crippen LogP contribution in [0.4, 0.5) is 34.1 Å². The van der Waals surface area contributed by atoms with Crippen molar-refractivity contribution in [3.05, 3.63) is 327 Å². The van der Waals surface area contributed by atoms with Crippen molar-refractivity contribution in [2.24, 2.45) is 0 Å². The summed E-state index contributed by atoms with van der Waals surface area (Å²) in [6.07, 6.45) is 0. The molecule has 5 nitrogen and oxygen atoms in total. The van der Waals surface area contributed by atoms with Gasteiger partial charge >= 0.3 is 0 Å². The van der Waals surface area contributed by atoms with Crippen LogP contribution in [0.2, 0.25) is 0 Å². The maximum absolute atomic E-state index is 11.4. The van der Waals surface area contributed by atoms with Crippen molar-refractivity contribution in [1.29, 1.82) is 0 Å². The van der Waals surface area contributed by atoms with Crippen LogP contribution in [0.15, 0.2) is 327 Å². The lowest BCUT2D eigenvalue weighted by Gasteiger charge is -2.45. The van der Waals surface area contributed by atoms with Crippen molar-refractivity contribution in [1.82, 2.24) is 13.7 Å². The van der Waals surface area contributed by atoms with Crippen LogP contribution in [0.5, 0.6) is 0 Å². The summed E-state index contributed by atoms with van der Waals surface area (Å²) in [6.45, 7) is -1.60. The number of fused-ring (bicyclic) bond motifs is 13. The third-order valence-corrected chi connectivity index (χ3v) is 17.5. The van der Waals surface area contributed by atoms with E-state index >= 15 is 0 Å². The van der Waals surface area contributed by atoms with Gasteiger partial charge < -0.3 is 23.5 Å². The average Bonchev–Trinajstić information content (AvgIpc) is 1.05. The molecule has 0 saturated carbocycles. The Morgan fingerprint density at radius 2 is 0.667 bits per heavy atom. The van der Waals surface area contributed by atoms with Crippen LogP contribution in [0, 0.1) is 0 Å². The summed E-state index contributed by atoms with van der Waals surface area (Å²) in [5.41, 5.74) is 4.52. The Morgan fingerprint density at radius 3 is 1.17 bits per heavy atom. The van der Waals surface area contributed by atoms with E-state index in [-0.39, 0.29) is 55.2 Å². The van der Waals surface area contributed by atoms with Crippen molar-refractivity contribution >= 4 is 123 Å². The molecule has 0 radical (unpaired) electrons. The first-order chi connectivity index (χ1) is 53.9. The summed E-state index contributed by atoms with van der Waals surface area (Å²) in [4.78, 5) is 3.56. The first-order valence-corrected chi connectivity index (χ1v) is 29.3. The molecule has 2 aliphatic rings. The standard InChI is InChI=1S/C84H54BN5/c1-4-24-55(25-5-1)62-30-10-17-37-72(62)89-80-53-60(87-74-39-19-12-32-64(74)65-33-13-20-40-75(65)87)45-47-70(80)85-71-48-46-61(88-76-41-21-14-34-66(76)67-35-15-22-42-77(67)88)54-81(71)90(73-38-18-11-31-63(73)56-26-6-2-7-27-56)83-52-58(51-82(89)84(83)85)57-44-49-79-69(50-57)68-36-16-23-43-78(68)86(79)59-28-8-3-9-29-59/h1-54H/i12D,13D,14D,15D,19D,20D,21D,22D,32D,33D,34D,35D,39D,40D,41D,42D,45D,46D,47D,48D,53D,54D. The first kappa shape index (κ1) is 33.3. The molecule has 0 bridgehead atoms. The number of aromatic nitrogens is 3. The quantitative estimate of drug-likeness (QED) is 0.141. The van der Waals surface area contributed by atoms with E-state index in [9.17, 15) is 19.2 Å². The van der Waals surface area contributed by atoms with Gasteiger partial charge in [0.1, 0.15) is 0 Å². The molecule has 3 aromatic heterocycles. The van der Waals surface area contributed by atoms with Crippen molar-refractivity contribution in [3.63, 3.8) is 0 Å². The zero-order chi connectivity index (χ0) is 78.1. The maximum atomic E-state index is 11.4. The molecule has 6 heteroatoms. The lowest BCUT2D eigenvalue weighted by molar-refractivity contribution is 1.17. The molecule has 14 aromatic carbocycles. The molecule has 0 aliphatic carbocycles. The number of benzene rings is 14. The smallest absolute Gasteiger partial charge is 0.252 e. The van der Waals surface area contributed by atoms with Crippen LogP contribution < -0.4 is 26.2 Å². The second-order valence-corrected chi connectivity index (χ2v) is 22.3. The van der Waals surface area contributed by atoms with Gasteiger partial charge in [0.15, 0.2) is 0 Å². The Bertz CT molecular complexity index is 6630. The van der Waals surface area contributed by atoms with Gasteiger partial charge in [0.2, 0.25) is 0 Å². The zero-order valence-corrected chi connectivity index (χ0v) is 47.3. The van der Waals surface area contributed by atoms with Gasteiger partial charge in [0, 0.05) is 83.3 Å². The molecule has 0 atom stereocenters. The number of hydrogen-bond donors (Lipinski definition) is 0. The van der Waals surface area contributed by atoms with Crippen molar-refractivity contribution < 1.29 is 30.2 Å².